The third-order valence-corrected chi connectivity index (χ3v) is 3.99. The Morgan fingerprint density at radius 1 is 1.33 bits per heavy atom. The molecular formula is C15H20N4OS. The zero-order valence-corrected chi connectivity index (χ0v) is 13.5. The monoisotopic (exact) mass is 304 g/mol. The summed E-state index contributed by atoms with van der Waals surface area (Å²) in [6.45, 7) is 8.94. The first-order valence-corrected chi connectivity index (χ1v) is 7.82. The molecule has 1 amide bonds. The molecule has 0 saturated carbocycles. The van der Waals surface area contributed by atoms with Crippen LogP contribution in [-0.4, -0.2) is 22.6 Å². The molecule has 0 aliphatic heterocycles. The van der Waals surface area contributed by atoms with Crippen molar-refractivity contribution < 1.29 is 4.79 Å². The SMILES string of the molecule is CCNc1nnc(C(=O)Nc2c(C)cccc2C(C)C)s1. The fraction of sp³-hybridized carbons (Fsp3) is 0.400. The van der Waals surface area contributed by atoms with Gasteiger partial charge in [-0.2, -0.15) is 0 Å². The average Bonchev–Trinajstić information content (AvgIpc) is 2.90. The number of amides is 1. The van der Waals surface area contributed by atoms with Crippen molar-refractivity contribution in [3.63, 3.8) is 0 Å². The Hall–Kier alpha value is -1.95. The maximum atomic E-state index is 12.3. The molecule has 1 heterocycles. The maximum absolute atomic E-state index is 12.3. The highest BCUT2D eigenvalue weighted by Gasteiger charge is 2.16. The summed E-state index contributed by atoms with van der Waals surface area (Å²) in [6, 6.07) is 6.04. The molecule has 5 nitrogen and oxygen atoms in total. The summed E-state index contributed by atoms with van der Waals surface area (Å²) < 4.78 is 0. The number of rotatable bonds is 5. The average molecular weight is 304 g/mol. The largest absolute Gasteiger partial charge is 0.360 e. The van der Waals surface area contributed by atoms with Crippen LogP contribution in [0.3, 0.4) is 0 Å². The summed E-state index contributed by atoms with van der Waals surface area (Å²) in [5.74, 6) is 0.125. The standard InChI is InChI=1S/C15H20N4OS/c1-5-16-15-19-18-14(21-15)13(20)17-12-10(4)7-6-8-11(12)9(2)3/h6-9H,5H2,1-4H3,(H,16,19)(H,17,20). The van der Waals surface area contributed by atoms with Crippen LogP contribution in [0.2, 0.25) is 0 Å². The van der Waals surface area contributed by atoms with E-state index in [0.29, 0.717) is 16.1 Å². The molecule has 2 aromatic rings. The third kappa shape index (κ3) is 3.58. The number of para-hydroxylation sites is 1. The molecule has 1 aromatic heterocycles. The number of anilines is 2. The number of aryl methyl sites for hydroxylation is 1. The number of nitrogens with zero attached hydrogens (tertiary/aromatic N) is 2. The number of carbonyl (C=O) groups is 1. The lowest BCUT2D eigenvalue weighted by atomic mass is 9.98. The number of hydrogen-bond acceptors (Lipinski definition) is 5. The summed E-state index contributed by atoms with van der Waals surface area (Å²) in [5, 5.41) is 14.9. The van der Waals surface area contributed by atoms with Gasteiger partial charge in [-0.3, -0.25) is 4.79 Å². The van der Waals surface area contributed by atoms with Crippen LogP contribution in [0.4, 0.5) is 10.8 Å². The van der Waals surface area contributed by atoms with Gasteiger partial charge in [0.1, 0.15) is 0 Å². The highest BCUT2D eigenvalue weighted by Crippen LogP contribution is 2.28. The second-order valence-corrected chi connectivity index (χ2v) is 6.07. The molecule has 0 radical (unpaired) electrons. The first kappa shape index (κ1) is 15.4. The van der Waals surface area contributed by atoms with Gasteiger partial charge < -0.3 is 10.6 Å². The maximum Gasteiger partial charge on any atom is 0.286 e. The number of carbonyl (C=O) groups excluding carboxylic acids is 1. The second-order valence-electron chi connectivity index (χ2n) is 5.09. The van der Waals surface area contributed by atoms with Crippen molar-refractivity contribution in [3.05, 3.63) is 34.3 Å². The van der Waals surface area contributed by atoms with Crippen LogP contribution >= 0.6 is 11.3 Å². The van der Waals surface area contributed by atoms with Crippen molar-refractivity contribution in [1.29, 1.82) is 0 Å². The van der Waals surface area contributed by atoms with Gasteiger partial charge in [0.25, 0.3) is 5.91 Å². The molecule has 6 heteroatoms. The second kappa shape index (κ2) is 6.67. The van der Waals surface area contributed by atoms with E-state index in [1.165, 1.54) is 11.3 Å². The summed E-state index contributed by atoms with van der Waals surface area (Å²) in [4.78, 5) is 12.3. The highest BCUT2D eigenvalue weighted by atomic mass is 32.1. The lowest BCUT2D eigenvalue weighted by molar-refractivity contribution is 0.102. The van der Waals surface area contributed by atoms with Crippen molar-refractivity contribution in [1.82, 2.24) is 10.2 Å². The van der Waals surface area contributed by atoms with Crippen LogP contribution in [-0.2, 0) is 0 Å². The molecule has 0 bridgehead atoms. The number of benzene rings is 1. The molecule has 0 aliphatic carbocycles. The summed E-state index contributed by atoms with van der Waals surface area (Å²) in [6.07, 6.45) is 0. The molecule has 0 atom stereocenters. The minimum Gasteiger partial charge on any atom is -0.360 e. The van der Waals surface area contributed by atoms with E-state index < -0.39 is 0 Å². The molecule has 1 aromatic carbocycles. The number of aromatic nitrogens is 2. The Bertz CT molecular complexity index is 636. The summed E-state index contributed by atoms with van der Waals surface area (Å²) in [7, 11) is 0. The van der Waals surface area contributed by atoms with Gasteiger partial charge in [-0.15, -0.1) is 10.2 Å². The zero-order valence-electron chi connectivity index (χ0n) is 12.7. The van der Waals surface area contributed by atoms with Gasteiger partial charge in [0.2, 0.25) is 10.1 Å². The van der Waals surface area contributed by atoms with E-state index in [9.17, 15) is 4.79 Å². The summed E-state index contributed by atoms with van der Waals surface area (Å²) in [5.41, 5.74) is 3.04. The van der Waals surface area contributed by atoms with Crippen molar-refractivity contribution in [2.75, 3.05) is 17.2 Å². The summed E-state index contributed by atoms with van der Waals surface area (Å²) >= 11 is 1.26. The smallest absolute Gasteiger partial charge is 0.286 e. The van der Waals surface area contributed by atoms with E-state index in [1.54, 1.807) is 0 Å². The molecule has 112 valence electrons. The molecular weight excluding hydrogens is 284 g/mol. The van der Waals surface area contributed by atoms with E-state index in [2.05, 4.69) is 34.7 Å². The van der Waals surface area contributed by atoms with E-state index in [1.807, 2.05) is 32.0 Å². The lowest BCUT2D eigenvalue weighted by Gasteiger charge is -2.15. The number of hydrogen-bond donors (Lipinski definition) is 2. The fourth-order valence-electron chi connectivity index (χ4n) is 2.05. The Morgan fingerprint density at radius 3 is 2.76 bits per heavy atom. The molecule has 21 heavy (non-hydrogen) atoms. The minimum atomic E-state index is -0.215. The normalized spacial score (nSPS) is 10.7. The van der Waals surface area contributed by atoms with Gasteiger partial charge in [-0.25, -0.2) is 0 Å². The molecule has 0 saturated heterocycles. The van der Waals surface area contributed by atoms with Crippen LogP contribution < -0.4 is 10.6 Å². The molecule has 0 aliphatic rings. The van der Waals surface area contributed by atoms with Gasteiger partial charge in [0, 0.05) is 12.2 Å². The van der Waals surface area contributed by atoms with Crippen LogP contribution in [0.1, 0.15) is 47.6 Å². The highest BCUT2D eigenvalue weighted by molar-refractivity contribution is 7.17. The first-order chi connectivity index (χ1) is 10.0. The third-order valence-electron chi connectivity index (χ3n) is 3.11. The van der Waals surface area contributed by atoms with E-state index in [0.717, 1.165) is 23.4 Å². The Kier molecular flexibility index (Phi) is 4.90. The quantitative estimate of drug-likeness (QED) is 0.884. The molecule has 2 rings (SSSR count). The van der Waals surface area contributed by atoms with Crippen molar-refractivity contribution in [3.8, 4) is 0 Å². The Labute approximate surface area is 128 Å². The van der Waals surface area contributed by atoms with E-state index >= 15 is 0 Å². The fourth-order valence-corrected chi connectivity index (χ4v) is 2.75. The van der Waals surface area contributed by atoms with E-state index in [-0.39, 0.29) is 5.91 Å². The number of nitrogens with one attached hydrogen (secondary N) is 2. The zero-order chi connectivity index (χ0) is 15.4. The molecule has 0 fully saturated rings. The van der Waals surface area contributed by atoms with Crippen LogP contribution in [0.15, 0.2) is 18.2 Å². The van der Waals surface area contributed by atoms with Crippen LogP contribution in [0.25, 0.3) is 0 Å². The Balaban J connectivity index is 2.23. The molecule has 0 unspecified atom stereocenters. The molecule has 0 spiro atoms. The molecule has 2 N–H and O–H groups in total. The van der Waals surface area contributed by atoms with Gasteiger partial charge in [-0.05, 0) is 30.9 Å². The van der Waals surface area contributed by atoms with Crippen molar-refractivity contribution >= 4 is 28.1 Å². The van der Waals surface area contributed by atoms with Gasteiger partial charge in [-0.1, -0.05) is 43.4 Å². The first-order valence-electron chi connectivity index (χ1n) is 7.01. The van der Waals surface area contributed by atoms with Crippen LogP contribution in [0.5, 0.6) is 0 Å². The predicted molar refractivity (Wildman–Crippen MR) is 87.3 cm³/mol. The van der Waals surface area contributed by atoms with Gasteiger partial charge in [0.05, 0.1) is 0 Å². The predicted octanol–water partition coefficient (Wildman–Crippen LogP) is 3.65. The van der Waals surface area contributed by atoms with Crippen molar-refractivity contribution in [2.45, 2.75) is 33.6 Å². The Morgan fingerprint density at radius 2 is 2.10 bits per heavy atom. The van der Waals surface area contributed by atoms with Crippen molar-refractivity contribution in [2.24, 2.45) is 0 Å². The topological polar surface area (TPSA) is 66.9 Å². The minimum absolute atomic E-state index is 0.215. The van der Waals surface area contributed by atoms with Gasteiger partial charge >= 0.3 is 0 Å². The van der Waals surface area contributed by atoms with E-state index in [4.69, 9.17) is 0 Å². The lowest BCUT2D eigenvalue weighted by Crippen LogP contribution is -2.14. The van der Waals surface area contributed by atoms with Gasteiger partial charge in [0.15, 0.2) is 0 Å². The van der Waals surface area contributed by atoms with Crippen LogP contribution in [0, 0.1) is 6.92 Å².